The first-order chi connectivity index (χ1) is 14.2. The zero-order valence-corrected chi connectivity index (χ0v) is 19.6. The van der Waals surface area contributed by atoms with Crippen LogP contribution in [0.5, 0.6) is 0 Å². The number of pyridine rings is 1. The number of aromatic amines is 1. The Hall–Kier alpha value is -2.13. The Kier molecular flexibility index (Phi) is 7.02. The van der Waals surface area contributed by atoms with Crippen LogP contribution in [0.3, 0.4) is 0 Å². The van der Waals surface area contributed by atoms with Gasteiger partial charge in [0.1, 0.15) is 11.2 Å². The van der Waals surface area contributed by atoms with Gasteiger partial charge in [0.15, 0.2) is 0 Å². The van der Waals surface area contributed by atoms with Gasteiger partial charge in [-0.2, -0.15) is 0 Å². The molecule has 3 heterocycles. The van der Waals surface area contributed by atoms with E-state index in [2.05, 4.69) is 36.5 Å². The Morgan fingerprint density at radius 3 is 2.80 bits per heavy atom. The monoisotopic (exact) mass is 479 g/mol. The third-order valence-corrected chi connectivity index (χ3v) is 5.43. The van der Waals surface area contributed by atoms with Crippen LogP contribution >= 0.6 is 15.9 Å². The fourth-order valence-corrected chi connectivity index (χ4v) is 4.11. The molecule has 0 bridgehead atoms. The number of anilines is 2. The largest absolute Gasteiger partial charge is 0.443 e. The lowest BCUT2D eigenvalue weighted by molar-refractivity contribution is -0.116. The minimum atomic E-state index is -0.633. The molecule has 164 valence electrons. The van der Waals surface area contributed by atoms with E-state index in [1.54, 1.807) is 17.3 Å². The maximum Gasteiger partial charge on any atom is 0.415 e. The van der Waals surface area contributed by atoms with Crippen LogP contribution in [0, 0.1) is 0 Å². The predicted molar refractivity (Wildman–Crippen MR) is 122 cm³/mol. The molecule has 0 aromatic carbocycles. The number of amides is 2. The van der Waals surface area contributed by atoms with Crippen molar-refractivity contribution in [2.45, 2.75) is 65.0 Å². The normalized spacial score (nSPS) is 17.0. The van der Waals surface area contributed by atoms with Gasteiger partial charge in [0.05, 0.1) is 27.3 Å². The molecule has 2 aromatic heterocycles. The Labute approximate surface area is 185 Å². The summed E-state index contributed by atoms with van der Waals surface area (Å²) in [5.74, 6) is -0.0764. The second-order valence-electron chi connectivity index (χ2n) is 8.53. The number of rotatable bonds is 5. The quantitative estimate of drug-likeness (QED) is 0.583. The number of hydrogen-bond donors (Lipinski definition) is 3. The molecule has 3 rings (SSSR count). The van der Waals surface area contributed by atoms with E-state index in [1.807, 2.05) is 27.7 Å². The maximum absolute atomic E-state index is 13.3. The van der Waals surface area contributed by atoms with E-state index in [-0.39, 0.29) is 11.9 Å². The van der Waals surface area contributed by atoms with Crippen molar-refractivity contribution in [1.29, 1.82) is 0 Å². The summed E-state index contributed by atoms with van der Waals surface area (Å²) in [4.78, 5) is 34.9. The summed E-state index contributed by atoms with van der Waals surface area (Å²) in [7, 11) is 0. The second-order valence-corrected chi connectivity index (χ2v) is 9.38. The zero-order chi connectivity index (χ0) is 21.9. The molecule has 1 aliphatic heterocycles. The summed E-state index contributed by atoms with van der Waals surface area (Å²) in [6.07, 6.45) is 5.95. The minimum absolute atomic E-state index is 0.0764. The van der Waals surface area contributed by atoms with E-state index in [0.29, 0.717) is 39.8 Å². The smallest absolute Gasteiger partial charge is 0.415 e. The topological polar surface area (TPSA) is 99.4 Å². The average molecular weight is 480 g/mol. The van der Waals surface area contributed by atoms with Crippen LogP contribution in [-0.4, -0.2) is 46.7 Å². The number of nitrogens with one attached hydrogen (secondary N) is 3. The van der Waals surface area contributed by atoms with Gasteiger partial charge >= 0.3 is 6.09 Å². The van der Waals surface area contributed by atoms with Gasteiger partial charge in [-0.3, -0.25) is 9.69 Å². The molecule has 1 saturated heterocycles. The summed E-state index contributed by atoms with van der Waals surface area (Å²) < 4.78 is 6.43. The molecular weight excluding hydrogens is 450 g/mol. The average Bonchev–Trinajstić information content (AvgIpc) is 3.06. The standard InChI is InChI=1S/C21H30BrN5O3/c1-5-7-16(28)26-15-12-25-19-17(15)18(14(22)11-24-19)27(13-8-6-9-23-10-13)20(29)30-21(2,3)4/h11-13,23H,5-10H2,1-4H3,(H,24,25)(H,26,28)/t13-/m1/s1. The molecule has 1 aliphatic rings. The summed E-state index contributed by atoms with van der Waals surface area (Å²) in [6.45, 7) is 9.11. The molecule has 0 radical (unpaired) electrons. The summed E-state index contributed by atoms with van der Waals surface area (Å²) in [5, 5.41) is 7.01. The maximum atomic E-state index is 13.3. The van der Waals surface area contributed by atoms with Gasteiger partial charge in [0.2, 0.25) is 5.91 Å². The molecule has 0 aliphatic carbocycles. The molecule has 0 spiro atoms. The lowest BCUT2D eigenvalue weighted by Gasteiger charge is -2.36. The first kappa shape index (κ1) is 22.6. The van der Waals surface area contributed by atoms with E-state index < -0.39 is 11.7 Å². The van der Waals surface area contributed by atoms with Crippen molar-refractivity contribution in [3.8, 4) is 0 Å². The summed E-state index contributed by atoms with van der Waals surface area (Å²) in [5.41, 5.74) is 1.21. The van der Waals surface area contributed by atoms with Gasteiger partial charge in [-0.1, -0.05) is 6.92 Å². The number of fused-ring (bicyclic) bond motifs is 1. The highest BCUT2D eigenvalue weighted by molar-refractivity contribution is 9.10. The van der Waals surface area contributed by atoms with Crippen LogP contribution in [0.4, 0.5) is 16.2 Å². The predicted octanol–water partition coefficient (Wildman–Crippen LogP) is 4.56. The number of carbonyl (C=O) groups is 2. The fraction of sp³-hybridized carbons (Fsp3) is 0.571. The first-order valence-electron chi connectivity index (χ1n) is 10.4. The fourth-order valence-electron chi connectivity index (χ4n) is 3.62. The molecule has 0 saturated carbocycles. The number of halogens is 1. The van der Waals surface area contributed by atoms with E-state index in [4.69, 9.17) is 4.74 Å². The number of carbonyl (C=O) groups excluding carboxylic acids is 2. The SMILES string of the molecule is CCCC(=O)Nc1c[nH]c2ncc(Br)c(N(C(=O)OC(C)(C)C)[C@@H]3CCCNC3)c12. The highest BCUT2D eigenvalue weighted by Gasteiger charge is 2.34. The highest BCUT2D eigenvalue weighted by atomic mass is 79.9. The molecule has 8 nitrogen and oxygen atoms in total. The van der Waals surface area contributed by atoms with Crippen LogP contribution in [-0.2, 0) is 9.53 Å². The van der Waals surface area contributed by atoms with Crippen molar-refractivity contribution in [3.63, 3.8) is 0 Å². The van der Waals surface area contributed by atoms with E-state index >= 15 is 0 Å². The van der Waals surface area contributed by atoms with Crippen molar-refractivity contribution in [2.75, 3.05) is 23.3 Å². The minimum Gasteiger partial charge on any atom is -0.443 e. The number of piperidine rings is 1. The lowest BCUT2D eigenvalue weighted by atomic mass is 10.0. The van der Waals surface area contributed by atoms with Crippen LogP contribution in [0.15, 0.2) is 16.9 Å². The number of nitrogens with zero attached hydrogens (tertiary/aromatic N) is 2. The van der Waals surface area contributed by atoms with Gasteiger partial charge in [0.25, 0.3) is 0 Å². The van der Waals surface area contributed by atoms with Crippen molar-refractivity contribution in [2.24, 2.45) is 0 Å². The van der Waals surface area contributed by atoms with Gasteiger partial charge in [-0.15, -0.1) is 0 Å². The Balaban J connectivity index is 2.12. The third-order valence-electron chi connectivity index (χ3n) is 4.85. The Morgan fingerprint density at radius 2 is 2.17 bits per heavy atom. The molecule has 2 amide bonds. The van der Waals surface area contributed by atoms with Crippen LogP contribution in [0.25, 0.3) is 11.0 Å². The van der Waals surface area contributed by atoms with Crippen molar-refractivity contribution in [1.82, 2.24) is 15.3 Å². The summed E-state index contributed by atoms with van der Waals surface area (Å²) in [6, 6.07) is -0.0791. The van der Waals surface area contributed by atoms with Crippen LogP contribution < -0.4 is 15.5 Å². The number of ether oxygens (including phenoxy) is 1. The van der Waals surface area contributed by atoms with Crippen molar-refractivity contribution < 1.29 is 14.3 Å². The molecule has 0 unspecified atom stereocenters. The van der Waals surface area contributed by atoms with Crippen LogP contribution in [0.2, 0.25) is 0 Å². The molecule has 3 N–H and O–H groups in total. The third kappa shape index (κ3) is 5.13. The van der Waals surface area contributed by atoms with Crippen molar-refractivity contribution >= 4 is 50.3 Å². The van der Waals surface area contributed by atoms with Crippen LogP contribution in [0.1, 0.15) is 53.4 Å². The molecule has 2 aromatic rings. The summed E-state index contributed by atoms with van der Waals surface area (Å²) >= 11 is 3.59. The lowest BCUT2D eigenvalue weighted by Crippen LogP contribution is -2.50. The zero-order valence-electron chi connectivity index (χ0n) is 18.0. The van der Waals surface area contributed by atoms with E-state index in [9.17, 15) is 9.59 Å². The Bertz CT molecular complexity index is 915. The molecule has 1 atom stereocenters. The first-order valence-corrected chi connectivity index (χ1v) is 11.2. The van der Waals surface area contributed by atoms with E-state index in [1.165, 1.54) is 0 Å². The molecular formula is C21H30BrN5O3. The van der Waals surface area contributed by atoms with Gasteiger partial charge in [-0.05, 0) is 62.5 Å². The van der Waals surface area contributed by atoms with Crippen molar-refractivity contribution in [3.05, 3.63) is 16.9 Å². The molecule has 1 fully saturated rings. The number of aromatic nitrogens is 2. The molecule has 9 heteroatoms. The van der Waals surface area contributed by atoms with Gasteiger partial charge < -0.3 is 20.4 Å². The number of hydrogen-bond acceptors (Lipinski definition) is 5. The Morgan fingerprint density at radius 1 is 1.40 bits per heavy atom. The molecule has 30 heavy (non-hydrogen) atoms. The van der Waals surface area contributed by atoms with E-state index in [0.717, 1.165) is 25.8 Å². The second kappa shape index (κ2) is 9.34. The number of H-pyrrole nitrogens is 1. The van der Waals surface area contributed by atoms with Gasteiger partial charge in [-0.25, -0.2) is 9.78 Å². The highest BCUT2D eigenvalue weighted by Crippen LogP contribution is 2.40. The van der Waals surface area contributed by atoms with Gasteiger partial charge in [0, 0.05) is 25.4 Å².